The smallest absolute Gasteiger partial charge is 0.246 e. The predicted octanol–water partition coefficient (Wildman–Crippen LogP) is 4.09. The van der Waals surface area contributed by atoms with Crippen LogP contribution in [0.4, 0.5) is 0 Å². The van der Waals surface area contributed by atoms with Gasteiger partial charge in [-0.3, -0.25) is 4.79 Å². The van der Waals surface area contributed by atoms with Crippen LogP contribution in [0.2, 0.25) is 8.67 Å². The van der Waals surface area contributed by atoms with Crippen molar-refractivity contribution >= 4 is 66.4 Å². The highest BCUT2D eigenvalue weighted by Gasteiger charge is 2.37. The topological polar surface area (TPSA) is 57.7 Å². The van der Waals surface area contributed by atoms with Gasteiger partial charge in [0, 0.05) is 26.2 Å². The Kier molecular flexibility index (Phi) is 7.01. The van der Waals surface area contributed by atoms with Gasteiger partial charge in [-0.05, 0) is 42.6 Å². The maximum atomic E-state index is 13.0. The molecule has 0 N–H and O–H groups in total. The molecular formula is C14H19BrCl2N2O3S2. The fourth-order valence-corrected chi connectivity index (χ4v) is 7.85. The zero-order valence-corrected chi connectivity index (χ0v) is 18.1. The lowest BCUT2D eigenvalue weighted by molar-refractivity contribution is -0.136. The summed E-state index contributed by atoms with van der Waals surface area (Å²) in [7, 11) is -3.80. The van der Waals surface area contributed by atoms with E-state index in [2.05, 4.69) is 15.9 Å². The molecule has 2 rings (SSSR count). The Morgan fingerprint density at radius 2 is 1.96 bits per heavy atom. The summed E-state index contributed by atoms with van der Waals surface area (Å²) in [5, 5.41) is 0. The first-order chi connectivity index (χ1) is 11.2. The molecule has 1 amide bonds. The van der Waals surface area contributed by atoms with E-state index < -0.39 is 10.0 Å². The molecular weight excluding hydrogens is 459 g/mol. The molecule has 1 aliphatic rings. The van der Waals surface area contributed by atoms with Gasteiger partial charge >= 0.3 is 0 Å². The predicted molar refractivity (Wildman–Crippen MR) is 101 cm³/mol. The maximum absolute atomic E-state index is 13.0. The van der Waals surface area contributed by atoms with E-state index >= 15 is 0 Å². The average molecular weight is 478 g/mol. The van der Waals surface area contributed by atoms with Crippen molar-refractivity contribution in [3.63, 3.8) is 0 Å². The minimum Gasteiger partial charge on any atom is -0.343 e. The van der Waals surface area contributed by atoms with Gasteiger partial charge in [0.2, 0.25) is 15.9 Å². The van der Waals surface area contributed by atoms with E-state index in [1.165, 1.54) is 4.31 Å². The third-order valence-corrected chi connectivity index (χ3v) is 9.47. The molecule has 0 bridgehead atoms. The van der Waals surface area contributed by atoms with Crippen LogP contribution in [0.15, 0.2) is 9.37 Å². The molecule has 10 heteroatoms. The summed E-state index contributed by atoms with van der Waals surface area (Å²) < 4.78 is 28.0. The van der Waals surface area contributed by atoms with Gasteiger partial charge in [-0.2, -0.15) is 4.31 Å². The molecule has 136 valence electrons. The molecule has 1 saturated heterocycles. The quantitative estimate of drug-likeness (QED) is 0.641. The number of hydrogen-bond acceptors (Lipinski definition) is 4. The third kappa shape index (κ3) is 3.94. The van der Waals surface area contributed by atoms with Crippen molar-refractivity contribution in [2.45, 2.75) is 31.6 Å². The van der Waals surface area contributed by atoms with Crippen LogP contribution in [0.3, 0.4) is 0 Å². The van der Waals surface area contributed by atoms with Crippen LogP contribution in [-0.2, 0) is 14.8 Å². The summed E-state index contributed by atoms with van der Waals surface area (Å²) in [5.41, 5.74) is 0. The molecule has 0 saturated carbocycles. The van der Waals surface area contributed by atoms with E-state index in [9.17, 15) is 13.2 Å². The van der Waals surface area contributed by atoms with E-state index in [0.717, 1.165) is 11.3 Å². The van der Waals surface area contributed by atoms with Gasteiger partial charge in [-0.1, -0.05) is 23.2 Å². The maximum Gasteiger partial charge on any atom is 0.246 e. The highest BCUT2D eigenvalue weighted by Crippen LogP contribution is 2.44. The van der Waals surface area contributed by atoms with E-state index in [0.29, 0.717) is 36.8 Å². The molecule has 5 nitrogen and oxygen atoms in total. The normalized spacial score (nSPS) is 19.5. The second-order valence-electron chi connectivity index (χ2n) is 5.51. The van der Waals surface area contributed by atoms with Crippen LogP contribution in [-0.4, -0.2) is 49.7 Å². The summed E-state index contributed by atoms with van der Waals surface area (Å²) in [4.78, 5) is 14.3. The molecule has 24 heavy (non-hydrogen) atoms. The molecule has 1 aliphatic heterocycles. The third-order valence-electron chi connectivity index (χ3n) is 4.14. The second kappa shape index (κ2) is 8.22. The number of halogens is 3. The molecule has 0 aliphatic carbocycles. The van der Waals surface area contributed by atoms with Crippen LogP contribution >= 0.6 is 50.5 Å². The molecule has 2 heterocycles. The molecule has 1 unspecified atom stereocenters. The van der Waals surface area contributed by atoms with Crippen molar-refractivity contribution < 1.29 is 13.2 Å². The Bertz CT molecular complexity index is 720. The number of piperidine rings is 1. The first kappa shape index (κ1) is 20.5. The first-order valence-electron chi connectivity index (χ1n) is 7.66. The lowest BCUT2D eigenvalue weighted by atomic mass is 9.98. The molecule has 0 aromatic carbocycles. The van der Waals surface area contributed by atoms with E-state index in [4.69, 9.17) is 23.2 Å². The van der Waals surface area contributed by atoms with Crippen LogP contribution in [0.5, 0.6) is 0 Å². The fourth-order valence-electron chi connectivity index (χ4n) is 2.84. The van der Waals surface area contributed by atoms with Gasteiger partial charge in [0.05, 0.1) is 10.4 Å². The zero-order chi connectivity index (χ0) is 18.1. The lowest BCUT2D eigenvalue weighted by Crippen LogP contribution is -2.46. The van der Waals surface area contributed by atoms with Crippen LogP contribution in [0.25, 0.3) is 0 Å². The largest absolute Gasteiger partial charge is 0.343 e. The number of carbonyl (C=O) groups is 1. The number of rotatable bonds is 5. The fraction of sp³-hybridized carbons (Fsp3) is 0.643. The molecule has 1 fully saturated rings. The zero-order valence-electron chi connectivity index (χ0n) is 13.4. The Labute approximate surface area is 165 Å². The van der Waals surface area contributed by atoms with Gasteiger partial charge in [-0.25, -0.2) is 8.42 Å². The monoisotopic (exact) mass is 476 g/mol. The Morgan fingerprint density at radius 3 is 2.46 bits per heavy atom. The van der Waals surface area contributed by atoms with Gasteiger partial charge < -0.3 is 4.90 Å². The Morgan fingerprint density at radius 1 is 1.33 bits per heavy atom. The van der Waals surface area contributed by atoms with Crippen molar-refractivity contribution in [3.8, 4) is 0 Å². The summed E-state index contributed by atoms with van der Waals surface area (Å²) >= 11 is 16.3. The summed E-state index contributed by atoms with van der Waals surface area (Å²) in [5.74, 6) is -0.312. The standard InChI is InChI=1S/C14H19BrCl2N2O3S2/c1-3-18(4-2)14(20)9-6-5-7-19(8-9)24(21,22)11-10(15)12(16)23-13(11)17/h9H,3-8H2,1-2H3. The Hall–Kier alpha value is 0.140. The minimum absolute atomic E-state index is 0.00453. The van der Waals surface area contributed by atoms with Crippen LogP contribution in [0.1, 0.15) is 26.7 Å². The minimum atomic E-state index is -3.80. The van der Waals surface area contributed by atoms with E-state index in [-0.39, 0.29) is 32.1 Å². The van der Waals surface area contributed by atoms with Gasteiger partial charge in [-0.15, -0.1) is 11.3 Å². The summed E-state index contributed by atoms with van der Waals surface area (Å²) in [6, 6.07) is 0. The molecule has 0 radical (unpaired) electrons. The molecule has 1 aromatic rings. The van der Waals surface area contributed by atoms with Crippen molar-refractivity contribution in [3.05, 3.63) is 13.1 Å². The summed E-state index contributed by atoms with van der Waals surface area (Å²) in [6.45, 7) is 5.63. The van der Waals surface area contributed by atoms with E-state index in [1.807, 2.05) is 13.8 Å². The number of amides is 1. The van der Waals surface area contributed by atoms with Crippen molar-refractivity contribution in [1.29, 1.82) is 0 Å². The number of hydrogen-bond donors (Lipinski definition) is 0. The number of thiophene rings is 1. The Balaban J connectivity index is 2.27. The molecule has 1 atom stereocenters. The SMILES string of the molecule is CCN(CC)C(=O)C1CCCN(S(=O)(=O)c2c(Cl)sc(Cl)c2Br)C1. The van der Waals surface area contributed by atoms with Gasteiger partial charge in [0.15, 0.2) is 0 Å². The van der Waals surface area contributed by atoms with Crippen LogP contribution in [0, 0.1) is 5.92 Å². The van der Waals surface area contributed by atoms with Crippen LogP contribution < -0.4 is 0 Å². The number of carbonyl (C=O) groups excluding carboxylic acids is 1. The van der Waals surface area contributed by atoms with E-state index in [1.54, 1.807) is 4.90 Å². The van der Waals surface area contributed by atoms with Crippen molar-refractivity contribution in [1.82, 2.24) is 9.21 Å². The number of sulfonamides is 1. The van der Waals surface area contributed by atoms with Crippen molar-refractivity contribution in [2.75, 3.05) is 26.2 Å². The van der Waals surface area contributed by atoms with Gasteiger partial charge in [0.1, 0.15) is 13.6 Å². The molecule has 0 spiro atoms. The average Bonchev–Trinajstić information content (AvgIpc) is 2.81. The highest BCUT2D eigenvalue weighted by molar-refractivity contribution is 9.10. The first-order valence-corrected chi connectivity index (χ1v) is 11.5. The summed E-state index contributed by atoms with van der Waals surface area (Å²) in [6.07, 6.45) is 1.34. The highest BCUT2D eigenvalue weighted by atomic mass is 79.9. The number of nitrogens with zero attached hydrogens (tertiary/aromatic N) is 2. The second-order valence-corrected chi connectivity index (χ2v) is 10.4. The van der Waals surface area contributed by atoms with Gasteiger partial charge in [0.25, 0.3) is 0 Å². The lowest BCUT2D eigenvalue weighted by Gasteiger charge is -2.33. The van der Waals surface area contributed by atoms with Crippen molar-refractivity contribution in [2.24, 2.45) is 5.92 Å². The molecule has 1 aromatic heterocycles.